The van der Waals surface area contributed by atoms with Gasteiger partial charge in [0.15, 0.2) is 0 Å². The zero-order valence-electron chi connectivity index (χ0n) is 36.3. The van der Waals surface area contributed by atoms with Gasteiger partial charge in [0.25, 0.3) is 0 Å². The third kappa shape index (κ3) is 5.82. The van der Waals surface area contributed by atoms with Crippen LogP contribution in [-0.2, 0) is 0 Å². The van der Waals surface area contributed by atoms with E-state index in [1.165, 1.54) is 103 Å². The Kier molecular flexibility index (Phi) is 8.08. The van der Waals surface area contributed by atoms with Crippen LogP contribution in [0.25, 0.3) is 137 Å². The third-order valence-corrected chi connectivity index (χ3v) is 14.2. The van der Waals surface area contributed by atoms with E-state index in [2.05, 4.69) is 229 Å². The fourth-order valence-corrected chi connectivity index (χ4v) is 11.1. The van der Waals surface area contributed by atoms with Gasteiger partial charge in [-0.25, -0.2) is 0 Å². The van der Waals surface area contributed by atoms with Crippen LogP contribution >= 0.6 is 0 Å². The van der Waals surface area contributed by atoms with Crippen molar-refractivity contribution >= 4 is 86.4 Å². The van der Waals surface area contributed by atoms with Crippen LogP contribution in [-0.4, -0.2) is 4.57 Å². The zero-order valence-corrected chi connectivity index (χ0v) is 36.3. The largest absolute Gasteiger partial charge is 0.309 e. The lowest BCUT2D eigenvalue weighted by Crippen LogP contribution is -1.94. The molecule has 0 fully saturated rings. The Labute approximate surface area is 386 Å². The molecular formula is C65H38N2. The van der Waals surface area contributed by atoms with E-state index in [9.17, 15) is 5.26 Å². The van der Waals surface area contributed by atoms with Gasteiger partial charge < -0.3 is 4.57 Å². The summed E-state index contributed by atoms with van der Waals surface area (Å²) in [5.74, 6) is 0. The lowest BCUT2D eigenvalue weighted by atomic mass is 9.83. The molecule has 1 aromatic heterocycles. The molecule has 0 spiro atoms. The van der Waals surface area contributed by atoms with Crippen LogP contribution in [0.15, 0.2) is 231 Å². The predicted molar refractivity (Wildman–Crippen MR) is 283 cm³/mol. The molecule has 67 heavy (non-hydrogen) atoms. The molecule has 0 atom stereocenters. The summed E-state index contributed by atoms with van der Waals surface area (Å²) in [7, 11) is 0. The normalized spacial score (nSPS) is 11.9. The number of nitrogens with zero attached hydrogens (tertiary/aromatic N) is 2. The predicted octanol–water partition coefficient (Wildman–Crippen LogP) is 17.7. The average Bonchev–Trinajstić information content (AvgIpc) is 3.73. The molecule has 0 aliphatic rings. The maximum Gasteiger partial charge on any atom is 0.0992 e. The van der Waals surface area contributed by atoms with E-state index < -0.39 is 0 Å². The highest BCUT2D eigenvalue weighted by atomic mass is 15.0. The van der Waals surface area contributed by atoms with Crippen LogP contribution in [0.1, 0.15) is 5.56 Å². The summed E-state index contributed by atoms with van der Waals surface area (Å²) in [6.45, 7) is 0. The number of fused-ring (bicyclic) bond motifs is 5. The monoisotopic (exact) mass is 846 g/mol. The summed E-state index contributed by atoms with van der Waals surface area (Å²) in [5.41, 5.74) is 13.4. The molecule has 0 unspecified atom stereocenters. The molecule has 13 aromatic carbocycles. The Hall–Kier alpha value is -9.03. The topological polar surface area (TPSA) is 28.7 Å². The second-order valence-electron chi connectivity index (χ2n) is 18.0. The van der Waals surface area contributed by atoms with E-state index in [0.717, 1.165) is 33.2 Å². The second kappa shape index (κ2) is 14.5. The first-order valence-corrected chi connectivity index (χ1v) is 22.9. The molecule has 0 bridgehead atoms. The number of hydrogen-bond acceptors (Lipinski definition) is 1. The Balaban J connectivity index is 1.09. The Bertz CT molecular complexity index is 4390. The van der Waals surface area contributed by atoms with Crippen LogP contribution in [0.4, 0.5) is 0 Å². The van der Waals surface area contributed by atoms with Crippen LogP contribution in [0.2, 0.25) is 0 Å². The number of nitriles is 1. The van der Waals surface area contributed by atoms with Gasteiger partial charge >= 0.3 is 0 Å². The minimum absolute atomic E-state index is 0.658. The van der Waals surface area contributed by atoms with Gasteiger partial charge in [-0.15, -0.1) is 0 Å². The zero-order chi connectivity index (χ0) is 44.2. The lowest BCUT2D eigenvalue weighted by molar-refractivity contribution is 1.18. The van der Waals surface area contributed by atoms with E-state index in [1.807, 2.05) is 12.1 Å². The smallest absolute Gasteiger partial charge is 0.0992 e. The minimum Gasteiger partial charge on any atom is -0.309 e. The minimum atomic E-state index is 0.658. The fourth-order valence-electron chi connectivity index (χ4n) is 11.1. The van der Waals surface area contributed by atoms with Crippen molar-refractivity contribution in [1.82, 2.24) is 4.57 Å². The Morgan fingerprint density at radius 2 is 0.687 bits per heavy atom. The van der Waals surface area contributed by atoms with Gasteiger partial charge in [-0.05, 0) is 176 Å². The standard InChI is InChI=1S/C65H38N2/c66-39-40-30-50-24-25-53-35-54(38-61-65(53)64(50)60(31-40)67(61)55-16-2-1-3-17-55)49-27-29-57-59(37-49)63(52-23-20-43-12-6-9-15-46(43)34-52)56-28-26-48(47-21-18-41-10-4-7-13-44(41)32-47)36-58(56)62(57)51-22-19-42-11-5-8-14-45(42)33-51/h1-38H. The summed E-state index contributed by atoms with van der Waals surface area (Å²) in [6, 6.07) is 87.1. The highest BCUT2D eigenvalue weighted by Gasteiger charge is 2.22. The van der Waals surface area contributed by atoms with E-state index in [4.69, 9.17) is 0 Å². The molecule has 2 heteroatoms. The van der Waals surface area contributed by atoms with Gasteiger partial charge in [0, 0.05) is 16.5 Å². The van der Waals surface area contributed by atoms with Crippen molar-refractivity contribution in [1.29, 1.82) is 5.26 Å². The second-order valence-corrected chi connectivity index (χ2v) is 18.0. The first-order chi connectivity index (χ1) is 33.1. The summed E-state index contributed by atoms with van der Waals surface area (Å²) in [4.78, 5) is 0. The lowest BCUT2D eigenvalue weighted by Gasteiger charge is -2.20. The van der Waals surface area contributed by atoms with Crippen molar-refractivity contribution in [3.05, 3.63) is 236 Å². The van der Waals surface area contributed by atoms with Gasteiger partial charge in [0.1, 0.15) is 0 Å². The van der Waals surface area contributed by atoms with Crippen molar-refractivity contribution in [2.45, 2.75) is 0 Å². The number of para-hydroxylation sites is 1. The maximum absolute atomic E-state index is 10.1. The average molecular weight is 847 g/mol. The molecule has 14 rings (SSSR count). The molecule has 0 N–H and O–H groups in total. The molecule has 0 aliphatic heterocycles. The van der Waals surface area contributed by atoms with Crippen molar-refractivity contribution in [2.24, 2.45) is 0 Å². The SMILES string of the molecule is N#Cc1cc2ccc3cc(-c4ccc5c(-c6ccc7ccccc7c6)c6cc(-c7ccc8ccccc8c7)ccc6c(-c6ccc7ccccc7c6)c5c4)cc4c3c2c(c1)n4-c1ccccc1. The molecule has 0 aliphatic carbocycles. The van der Waals surface area contributed by atoms with Crippen molar-refractivity contribution < 1.29 is 0 Å². The van der Waals surface area contributed by atoms with Crippen LogP contribution < -0.4 is 0 Å². The molecule has 308 valence electrons. The Morgan fingerprint density at radius 1 is 0.284 bits per heavy atom. The third-order valence-electron chi connectivity index (χ3n) is 14.2. The fraction of sp³-hybridized carbons (Fsp3) is 0. The van der Waals surface area contributed by atoms with Crippen molar-refractivity contribution in [2.75, 3.05) is 0 Å². The molecule has 0 saturated carbocycles. The van der Waals surface area contributed by atoms with Gasteiger partial charge in [-0.2, -0.15) is 5.26 Å². The number of hydrogen-bond donors (Lipinski definition) is 0. The van der Waals surface area contributed by atoms with Crippen LogP contribution in [0, 0.1) is 11.3 Å². The quantitative estimate of drug-likeness (QED) is 0.125. The van der Waals surface area contributed by atoms with Gasteiger partial charge in [0.05, 0.1) is 22.7 Å². The van der Waals surface area contributed by atoms with E-state index >= 15 is 0 Å². The first kappa shape index (κ1) is 37.4. The highest BCUT2D eigenvalue weighted by Crippen LogP contribution is 2.48. The summed E-state index contributed by atoms with van der Waals surface area (Å²) in [5, 5.41) is 27.0. The Morgan fingerprint density at radius 3 is 1.24 bits per heavy atom. The molecule has 0 saturated heterocycles. The number of benzene rings is 13. The van der Waals surface area contributed by atoms with E-state index in [1.54, 1.807) is 0 Å². The van der Waals surface area contributed by atoms with Crippen LogP contribution in [0.5, 0.6) is 0 Å². The van der Waals surface area contributed by atoms with Crippen molar-refractivity contribution in [3.8, 4) is 56.3 Å². The number of rotatable bonds is 5. The maximum atomic E-state index is 10.1. The summed E-state index contributed by atoms with van der Waals surface area (Å²) >= 11 is 0. The van der Waals surface area contributed by atoms with Crippen molar-refractivity contribution in [3.63, 3.8) is 0 Å². The van der Waals surface area contributed by atoms with Gasteiger partial charge in [-0.1, -0.05) is 164 Å². The molecule has 0 radical (unpaired) electrons. The van der Waals surface area contributed by atoms with Gasteiger partial charge in [0.2, 0.25) is 0 Å². The molecule has 1 heterocycles. The summed E-state index contributed by atoms with van der Waals surface area (Å²) < 4.78 is 2.34. The van der Waals surface area contributed by atoms with E-state index in [0.29, 0.717) is 5.56 Å². The molecule has 2 nitrogen and oxygen atoms in total. The number of aromatic nitrogens is 1. The first-order valence-electron chi connectivity index (χ1n) is 22.9. The van der Waals surface area contributed by atoms with Gasteiger partial charge in [-0.3, -0.25) is 0 Å². The summed E-state index contributed by atoms with van der Waals surface area (Å²) in [6.07, 6.45) is 0. The molecular weight excluding hydrogens is 809 g/mol. The molecule has 0 amide bonds. The highest BCUT2D eigenvalue weighted by molar-refractivity contribution is 6.26. The van der Waals surface area contributed by atoms with Crippen LogP contribution in [0.3, 0.4) is 0 Å². The molecule has 14 aromatic rings. The van der Waals surface area contributed by atoms with E-state index in [-0.39, 0.29) is 0 Å².